The zero-order valence-corrected chi connectivity index (χ0v) is 19.9. The van der Waals surface area contributed by atoms with Crippen molar-refractivity contribution in [1.82, 2.24) is 24.9 Å². The third-order valence-electron chi connectivity index (χ3n) is 5.04. The van der Waals surface area contributed by atoms with Gasteiger partial charge in [0.05, 0.1) is 5.69 Å². The molecule has 2 N–H and O–H groups in total. The van der Waals surface area contributed by atoms with Crippen LogP contribution in [0, 0.1) is 0 Å². The number of anilines is 1. The Balaban J connectivity index is 1.63. The lowest BCUT2D eigenvalue weighted by atomic mass is 9.87. The molecule has 0 fully saturated rings. The number of carbonyl (C=O) groups excluding carboxylic acids is 2. The van der Waals surface area contributed by atoms with Gasteiger partial charge in [-0.05, 0) is 42.5 Å². The van der Waals surface area contributed by atoms with Gasteiger partial charge in [0.15, 0.2) is 18.1 Å². The van der Waals surface area contributed by atoms with E-state index in [0.29, 0.717) is 18.8 Å². The Morgan fingerprint density at radius 2 is 1.73 bits per heavy atom. The van der Waals surface area contributed by atoms with Gasteiger partial charge in [-0.15, -0.1) is 0 Å². The lowest BCUT2D eigenvalue weighted by molar-refractivity contribution is 0.0948. The van der Waals surface area contributed by atoms with Crippen LogP contribution in [0.2, 0.25) is 0 Å². The number of amides is 2. The van der Waals surface area contributed by atoms with Crippen molar-refractivity contribution in [2.45, 2.75) is 59.7 Å². The summed E-state index contributed by atoms with van der Waals surface area (Å²) in [5.74, 6) is -0.0292. The topological polar surface area (TPSA) is 103 Å². The number of aromatic nitrogens is 4. The predicted octanol–water partition coefficient (Wildman–Crippen LogP) is 3.83. The smallest absolute Gasteiger partial charge is 0.276 e. The molecule has 3 aromatic rings. The van der Waals surface area contributed by atoms with Gasteiger partial charge in [-0.3, -0.25) is 14.3 Å². The molecule has 0 aliphatic carbocycles. The van der Waals surface area contributed by atoms with Gasteiger partial charge in [-0.2, -0.15) is 10.2 Å². The number of nitrogens with zero attached hydrogens (tertiary/aromatic N) is 4. The molecule has 0 saturated heterocycles. The van der Waals surface area contributed by atoms with Crippen molar-refractivity contribution in [3.05, 3.63) is 59.7 Å². The second-order valence-electron chi connectivity index (χ2n) is 8.75. The standard InChI is InChI=1S/C24H32N6O3/c1-6-13-25-23(32)21-20(15-29(7-2)28-21)26-22(31)19-12-14-30(27-19)16-33-18-10-8-17(9-11-18)24(3,4)5/h8-12,14-15H,6-7,13,16H2,1-5H3,(H,25,32)(H,26,31). The average Bonchev–Trinajstić information content (AvgIpc) is 3.43. The largest absolute Gasteiger partial charge is 0.471 e. The van der Waals surface area contributed by atoms with E-state index in [1.54, 1.807) is 23.1 Å². The molecule has 2 aromatic heterocycles. The van der Waals surface area contributed by atoms with Gasteiger partial charge in [-0.25, -0.2) is 4.68 Å². The van der Waals surface area contributed by atoms with Crippen molar-refractivity contribution in [2.24, 2.45) is 0 Å². The Hall–Kier alpha value is -3.62. The van der Waals surface area contributed by atoms with Crippen LogP contribution >= 0.6 is 0 Å². The van der Waals surface area contributed by atoms with Gasteiger partial charge in [0.25, 0.3) is 11.8 Å². The summed E-state index contributed by atoms with van der Waals surface area (Å²) in [6, 6.07) is 9.54. The van der Waals surface area contributed by atoms with E-state index in [-0.39, 0.29) is 29.4 Å². The first-order chi connectivity index (χ1) is 15.7. The van der Waals surface area contributed by atoms with E-state index in [4.69, 9.17) is 4.74 Å². The quantitative estimate of drug-likeness (QED) is 0.514. The van der Waals surface area contributed by atoms with E-state index in [1.807, 2.05) is 38.1 Å². The Kier molecular flexibility index (Phi) is 7.52. The van der Waals surface area contributed by atoms with Gasteiger partial charge in [0.1, 0.15) is 5.75 Å². The van der Waals surface area contributed by atoms with Gasteiger partial charge in [0, 0.05) is 25.5 Å². The van der Waals surface area contributed by atoms with Crippen LogP contribution in [-0.4, -0.2) is 37.9 Å². The summed E-state index contributed by atoms with van der Waals surface area (Å²) in [7, 11) is 0. The molecule has 0 radical (unpaired) electrons. The van der Waals surface area contributed by atoms with Gasteiger partial charge < -0.3 is 15.4 Å². The average molecular weight is 453 g/mol. The molecule has 2 amide bonds. The maximum absolute atomic E-state index is 12.7. The van der Waals surface area contributed by atoms with E-state index in [2.05, 4.69) is 41.6 Å². The molecule has 9 heteroatoms. The molecular formula is C24H32N6O3. The van der Waals surface area contributed by atoms with E-state index < -0.39 is 5.91 Å². The van der Waals surface area contributed by atoms with Crippen LogP contribution in [0.15, 0.2) is 42.7 Å². The lowest BCUT2D eigenvalue weighted by Gasteiger charge is -2.19. The zero-order valence-electron chi connectivity index (χ0n) is 19.9. The lowest BCUT2D eigenvalue weighted by Crippen LogP contribution is -2.26. The van der Waals surface area contributed by atoms with E-state index in [1.165, 1.54) is 10.2 Å². The van der Waals surface area contributed by atoms with Crippen molar-refractivity contribution < 1.29 is 14.3 Å². The summed E-state index contributed by atoms with van der Waals surface area (Å²) < 4.78 is 8.92. The molecular weight excluding hydrogens is 420 g/mol. The Morgan fingerprint density at radius 3 is 2.36 bits per heavy atom. The number of ether oxygens (including phenoxy) is 1. The fraction of sp³-hybridized carbons (Fsp3) is 0.417. The summed E-state index contributed by atoms with van der Waals surface area (Å²) in [5, 5.41) is 14.1. The first-order valence-electron chi connectivity index (χ1n) is 11.1. The van der Waals surface area contributed by atoms with E-state index >= 15 is 0 Å². The highest BCUT2D eigenvalue weighted by atomic mass is 16.5. The molecule has 9 nitrogen and oxygen atoms in total. The zero-order chi connectivity index (χ0) is 24.0. The second-order valence-corrected chi connectivity index (χ2v) is 8.75. The van der Waals surface area contributed by atoms with Crippen LogP contribution in [0.4, 0.5) is 5.69 Å². The number of hydrogen-bond acceptors (Lipinski definition) is 5. The number of benzene rings is 1. The summed E-state index contributed by atoms with van der Waals surface area (Å²) in [6.45, 7) is 11.6. The highest BCUT2D eigenvalue weighted by Gasteiger charge is 2.20. The van der Waals surface area contributed by atoms with Crippen LogP contribution < -0.4 is 15.4 Å². The van der Waals surface area contributed by atoms with Crippen LogP contribution in [0.5, 0.6) is 5.75 Å². The van der Waals surface area contributed by atoms with Gasteiger partial charge in [-0.1, -0.05) is 39.8 Å². The fourth-order valence-electron chi connectivity index (χ4n) is 3.10. The molecule has 1 aromatic carbocycles. The van der Waals surface area contributed by atoms with Crippen LogP contribution in [0.25, 0.3) is 0 Å². The summed E-state index contributed by atoms with van der Waals surface area (Å²) in [5.41, 5.74) is 2.04. The molecule has 3 rings (SSSR count). The van der Waals surface area contributed by atoms with Crippen LogP contribution in [-0.2, 0) is 18.7 Å². The molecule has 0 aliphatic heterocycles. The number of hydrogen-bond donors (Lipinski definition) is 2. The first kappa shape index (κ1) is 24.0. The minimum atomic E-state index is -0.427. The summed E-state index contributed by atoms with van der Waals surface area (Å²) in [6.07, 6.45) is 4.12. The minimum absolute atomic E-state index is 0.0763. The molecule has 2 heterocycles. The molecule has 33 heavy (non-hydrogen) atoms. The van der Waals surface area contributed by atoms with E-state index in [0.717, 1.165) is 12.2 Å². The Morgan fingerprint density at radius 1 is 1.00 bits per heavy atom. The molecule has 0 bridgehead atoms. The fourth-order valence-corrected chi connectivity index (χ4v) is 3.10. The highest BCUT2D eigenvalue weighted by molar-refractivity contribution is 6.07. The Bertz CT molecular complexity index is 1090. The molecule has 0 unspecified atom stereocenters. The van der Waals surface area contributed by atoms with Crippen LogP contribution in [0.1, 0.15) is 67.6 Å². The highest BCUT2D eigenvalue weighted by Crippen LogP contribution is 2.24. The summed E-state index contributed by atoms with van der Waals surface area (Å²) in [4.78, 5) is 25.1. The predicted molar refractivity (Wildman–Crippen MR) is 126 cm³/mol. The molecule has 0 saturated carbocycles. The van der Waals surface area contributed by atoms with Crippen molar-refractivity contribution in [3.63, 3.8) is 0 Å². The molecule has 0 atom stereocenters. The van der Waals surface area contributed by atoms with Crippen molar-refractivity contribution in [3.8, 4) is 5.75 Å². The van der Waals surface area contributed by atoms with Crippen molar-refractivity contribution >= 4 is 17.5 Å². The minimum Gasteiger partial charge on any atom is -0.471 e. The monoisotopic (exact) mass is 452 g/mol. The van der Waals surface area contributed by atoms with Gasteiger partial charge in [0.2, 0.25) is 0 Å². The third kappa shape index (κ3) is 6.21. The van der Waals surface area contributed by atoms with Crippen LogP contribution in [0.3, 0.4) is 0 Å². The number of carbonyl (C=O) groups is 2. The third-order valence-corrected chi connectivity index (χ3v) is 5.04. The molecule has 176 valence electrons. The maximum atomic E-state index is 12.7. The van der Waals surface area contributed by atoms with Crippen molar-refractivity contribution in [2.75, 3.05) is 11.9 Å². The normalized spacial score (nSPS) is 11.3. The second kappa shape index (κ2) is 10.3. The number of rotatable bonds is 9. The van der Waals surface area contributed by atoms with Gasteiger partial charge >= 0.3 is 0 Å². The Labute approximate surface area is 194 Å². The SMILES string of the molecule is CCCNC(=O)c1nn(CC)cc1NC(=O)c1ccn(COc2ccc(C(C)(C)C)cc2)n1. The molecule has 0 spiro atoms. The summed E-state index contributed by atoms with van der Waals surface area (Å²) >= 11 is 0. The van der Waals surface area contributed by atoms with E-state index in [9.17, 15) is 9.59 Å². The first-order valence-corrected chi connectivity index (χ1v) is 11.1. The maximum Gasteiger partial charge on any atom is 0.276 e. The number of aryl methyl sites for hydroxylation is 1. The number of nitrogens with one attached hydrogen (secondary N) is 2. The molecule has 0 aliphatic rings. The van der Waals surface area contributed by atoms with Crippen molar-refractivity contribution in [1.29, 1.82) is 0 Å².